The standard InChI is InChI=1S/C13H9BrO4/c14-6-8-5-7-3-1-2-4-9(7)11(13(17)18)10(8)12(15)16/h1-5H,6H2,(H,15,16)(H,17,18). The molecule has 2 rings (SSSR count). The first-order valence-electron chi connectivity index (χ1n) is 5.13. The second-order valence-corrected chi connectivity index (χ2v) is 4.31. The summed E-state index contributed by atoms with van der Waals surface area (Å²) in [6.45, 7) is 0. The number of halogens is 1. The van der Waals surface area contributed by atoms with Gasteiger partial charge in [-0.15, -0.1) is 0 Å². The zero-order chi connectivity index (χ0) is 13.3. The Hall–Kier alpha value is -1.88. The highest BCUT2D eigenvalue weighted by Crippen LogP contribution is 2.27. The van der Waals surface area contributed by atoms with Crippen LogP contribution in [0.25, 0.3) is 10.8 Å². The van der Waals surface area contributed by atoms with Crippen LogP contribution in [0.3, 0.4) is 0 Å². The molecule has 0 saturated carbocycles. The van der Waals surface area contributed by atoms with Crippen LogP contribution in [0.15, 0.2) is 30.3 Å². The molecule has 2 N–H and O–H groups in total. The van der Waals surface area contributed by atoms with E-state index in [-0.39, 0.29) is 11.1 Å². The van der Waals surface area contributed by atoms with Gasteiger partial charge in [0.05, 0.1) is 11.1 Å². The van der Waals surface area contributed by atoms with Crippen molar-refractivity contribution in [3.8, 4) is 0 Å². The van der Waals surface area contributed by atoms with E-state index < -0.39 is 11.9 Å². The largest absolute Gasteiger partial charge is 0.478 e. The summed E-state index contributed by atoms with van der Waals surface area (Å²) >= 11 is 3.19. The number of carboxylic acid groups (broad SMARTS) is 2. The van der Waals surface area contributed by atoms with Crippen LogP contribution in [0.4, 0.5) is 0 Å². The number of aromatic carboxylic acids is 2. The maximum atomic E-state index is 11.3. The Bertz CT molecular complexity index is 649. The topological polar surface area (TPSA) is 74.6 Å². The highest BCUT2D eigenvalue weighted by Gasteiger charge is 2.22. The van der Waals surface area contributed by atoms with Crippen molar-refractivity contribution in [2.75, 3.05) is 0 Å². The molecule has 0 aliphatic heterocycles. The Balaban J connectivity index is 2.98. The minimum absolute atomic E-state index is 0.155. The molecule has 18 heavy (non-hydrogen) atoms. The molecule has 0 radical (unpaired) electrons. The lowest BCUT2D eigenvalue weighted by molar-refractivity contribution is 0.0652. The van der Waals surface area contributed by atoms with E-state index in [0.29, 0.717) is 21.7 Å². The van der Waals surface area contributed by atoms with Crippen molar-refractivity contribution in [1.82, 2.24) is 0 Å². The molecule has 0 aromatic heterocycles. The molecule has 92 valence electrons. The number of fused-ring (bicyclic) bond motifs is 1. The van der Waals surface area contributed by atoms with Crippen molar-refractivity contribution < 1.29 is 19.8 Å². The summed E-state index contributed by atoms with van der Waals surface area (Å²) in [7, 11) is 0. The Morgan fingerprint density at radius 3 is 2.22 bits per heavy atom. The Morgan fingerprint density at radius 1 is 1.06 bits per heavy atom. The lowest BCUT2D eigenvalue weighted by Gasteiger charge is -2.11. The van der Waals surface area contributed by atoms with Crippen molar-refractivity contribution in [2.24, 2.45) is 0 Å². The molecule has 2 aromatic carbocycles. The molecule has 0 aliphatic rings. The van der Waals surface area contributed by atoms with Crippen molar-refractivity contribution in [2.45, 2.75) is 5.33 Å². The fraction of sp³-hybridized carbons (Fsp3) is 0.0769. The number of hydrogen-bond donors (Lipinski definition) is 2. The maximum absolute atomic E-state index is 11.3. The second-order valence-electron chi connectivity index (χ2n) is 3.75. The molecular formula is C13H9BrO4. The van der Waals surface area contributed by atoms with E-state index in [1.54, 1.807) is 30.3 Å². The van der Waals surface area contributed by atoms with Gasteiger partial charge in [-0.25, -0.2) is 9.59 Å². The average Bonchev–Trinajstić information content (AvgIpc) is 2.35. The van der Waals surface area contributed by atoms with Crippen molar-refractivity contribution in [1.29, 1.82) is 0 Å². The summed E-state index contributed by atoms with van der Waals surface area (Å²) in [6.07, 6.45) is 0. The molecule has 0 saturated heterocycles. The van der Waals surface area contributed by atoms with Gasteiger partial charge < -0.3 is 10.2 Å². The molecule has 0 spiro atoms. The van der Waals surface area contributed by atoms with Crippen LogP contribution in [0, 0.1) is 0 Å². The van der Waals surface area contributed by atoms with Crippen LogP contribution in [0.1, 0.15) is 26.3 Å². The van der Waals surface area contributed by atoms with Crippen LogP contribution in [-0.4, -0.2) is 22.2 Å². The van der Waals surface area contributed by atoms with Gasteiger partial charge in [-0.05, 0) is 22.4 Å². The van der Waals surface area contributed by atoms with E-state index >= 15 is 0 Å². The number of alkyl halides is 1. The molecule has 0 bridgehead atoms. The highest BCUT2D eigenvalue weighted by atomic mass is 79.9. The van der Waals surface area contributed by atoms with E-state index in [4.69, 9.17) is 0 Å². The second kappa shape index (κ2) is 4.78. The molecule has 0 fully saturated rings. The fourth-order valence-corrected chi connectivity index (χ4v) is 2.42. The third-order valence-corrected chi connectivity index (χ3v) is 3.31. The van der Waals surface area contributed by atoms with E-state index in [2.05, 4.69) is 15.9 Å². The van der Waals surface area contributed by atoms with Gasteiger partial charge in [0.2, 0.25) is 0 Å². The number of carbonyl (C=O) groups is 2. The summed E-state index contributed by atoms with van der Waals surface area (Å²) in [4.78, 5) is 22.6. The van der Waals surface area contributed by atoms with Gasteiger partial charge in [0, 0.05) is 5.33 Å². The number of carboxylic acids is 2. The van der Waals surface area contributed by atoms with Crippen LogP contribution in [0.5, 0.6) is 0 Å². The fourth-order valence-electron chi connectivity index (χ4n) is 1.98. The van der Waals surface area contributed by atoms with Gasteiger partial charge in [-0.2, -0.15) is 0 Å². The first kappa shape index (κ1) is 12.6. The number of benzene rings is 2. The summed E-state index contributed by atoms with van der Waals surface area (Å²) in [5.41, 5.74) is 0.145. The van der Waals surface area contributed by atoms with Crippen molar-refractivity contribution >= 4 is 38.6 Å². The molecule has 0 amide bonds. The van der Waals surface area contributed by atoms with Gasteiger partial charge in [-0.1, -0.05) is 40.2 Å². The summed E-state index contributed by atoms with van der Waals surface area (Å²) in [5, 5.41) is 19.9. The maximum Gasteiger partial charge on any atom is 0.337 e. The summed E-state index contributed by atoms with van der Waals surface area (Å²) in [5.74, 6) is -2.46. The van der Waals surface area contributed by atoms with Crippen molar-refractivity contribution in [3.63, 3.8) is 0 Å². The minimum atomic E-state index is -1.23. The zero-order valence-electron chi connectivity index (χ0n) is 9.18. The molecule has 0 atom stereocenters. The predicted octanol–water partition coefficient (Wildman–Crippen LogP) is 3.13. The minimum Gasteiger partial charge on any atom is -0.478 e. The number of hydrogen-bond acceptors (Lipinski definition) is 2. The van der Waals surface area contributed by atoms with Crippen LogP contribution in [-0.2, 0) is 5.33 Å². The SMILES string of the molecule is O=C(O)c1c(CBr)cc2ccccc2c1C(=O)O. The van der Waals surface area contributed by atoms with E-state index in [9.17, 15) is 19.8 Å². The van der Waals surface area contributed by atoms with Gasteiger partial charge in [0.25, 0.3) is 0 Å². The summed E-state index contributed by atoms with van der Waals surface area (Å²) in [6, 6.07) is 8.55. The van der Waals surface area contributed by atoms with Gasteiger partial charge in [0.1, 0.15) is 0 Å². The Kier molecular flexibility index (Phi) is 3.34. The molecule has 0 heterocycles. The van der Waals surface area contributed by atoms with Crippen LogP contribution in [0.2, 0.25) is 0 Å². The Morgan fingerprint density at radius 2 is 1.67 bits per heavy atom. The molecule has 2 aromatic rings. The predicted molar refractivity (Wildman–Crippen MR) is 70.5 cm³/mol. The normalized spacial score (nSPS) is 10.5. The average molecular weight is 309 g/mol. The van der Waals surface area contributed by atoms with Gasteiger partial charge >= 0.3 is 11.9 Å². The monoisotopic (exact) mass is 308 g/mol. The smallest absolute Gasteiger partial charge is 0.337 e. The Labute approximate surface area is 111 Å². The van der Waals surface area contributed by atoms with Crippen LogP contribution < -0.4 is 0 Å². The van der Waals surface area contributed by atoms with Crippen molar-refractivity contribution in [3.05, 3.63) is 47.0 Å². The molecule has 0 aliphatic carbocycles. The lowest BCUT2D eigenvalue weighted by Crippen LogP contribution is -2.11. The quantitative estimate of drug-likeness (QED) is 0.854. The third kappa shape index (κ3) is 1.97. The van der Waals surface area contributed by atoms with E-state index in [0.717, 1.165) is 0 Å². The molecular weight excluding hydrogens is 300 g/mol. The molecule has 4 nitrogen and oxygen atoms in total. The molecule has 0 unspecified atom stereocenters. The first-order valence-corrected chi connectivity index (χ1v) is 6.25. The van der Waals surface area contributed by atoms with E-state index in [1.807, 2.05) is 0 Å². The third-order valence-electron chi connectivity index (χ3n) is 2.70. The summed E-state index contributed by atoms with van der Waals surface area (Å²) < 4.78 is 0. The van der Waals surface area contributed by atoms with Crippen LogP contribution >= 0.6 is 15.9 Å². The van der Waals surface area contributed by atoms with Gasteiger partial charge in [0.15, 0.2) is 0 Å². The first-order chi connectivity index (χ1) is 8.56. The highest BCUT2D eigenvalue weighted by molar-refractivity contribution is 9.08. The number of rotatable bonds is 3. The zero-order valence-corrected chi connectivity index (χ0v) is 10.8. The molecule has 5 heteroatoms. The lowest BCUT2D eigenvalue weighted by atomic mass is 9.94. The van der Waals surface area contributed by atoms with Gasteiger partial charge in [-0.3, -0.25) is 0 Å². The van der Waals surface area contributed by atoms with E-state index in [1.165, 1.54) is 0 Å².